The van der Waals surface area contributed by atoms with Gasteiger partial charge in [-0.1, -0.05) is 23.4 Å². The Kier molecular flexibility index (Phi) is 5.10. The first-order valence-electron chi connectivity index (χ1n) is 9.18. The number of hydrogen-bond donors (Lipinski definition) is 1. The summed E-state index contributed by atoms with van der Waals surface area (Å²) in [6.45, 7) is 3.83. The summed E-state index contributed by atoms with van der Waals surface area (Å²) in [5.41, 5.74) is 3.81. The van der Waals surface area contributed by atoms with Crippen molar-refractivity contribution >= 4 is 11.7 Å². The molecule has 1 N–H and O–H groups in total. The highest BCUT2D eigenvalue weighted by Gasteiger charge is 2.17. The maximum absolute atomic E-state index is 13.8. The van der Waals surface area contributed by atoms with Gasteiger partial charge in [0, 0.05) is 23.4 Å². The van der Waals surface area contributed by atoms with Crippen LogP contribution >= 0.6 is 0 Å². The van der Waals surface area contributed by atoms with Crippen molar-refractivity contribution in [2.75, 3.05) is 5.32 Å². The summed E-state index contributed by atoms with van der Waals surface area (Å²) in [6.07, 6.45) is 1.59. The van der Waals surface area contributed by atoms with Gasteiger partial charge in [-0.25, -0.2) is 13.8 Å². The minimum Gasteiger partial charge on any atom is -0.356 e. The molecule has 4 rings (SSSR count). The maximum Gasteiger partial charge on any atom is 0.262 e. The lowest BCUT2D eigenvalue weighted by atomic mass is 9.98. The second kappa shape index (κ2) is 7.87. The van der Waals surface area contributed by atoms with Crippen LogP contribution in [0, 0.1) is 25.5 Å². The molecule has 0 aliphatic carbocycles. The van der Waals surface area contributed by atoms with Crippen LogP contribution in [0.2, 0.25) is 0 Å². The zero-order valence-corrected chi connectivity index (χ0v) is 16.2. The van der Waals surface area contributed by atoms with Crippen LogP contribution < -0.4 is 5.32 Å². The lowest BCUT2D eigenvalue weighted by Crippen LogP contribution is -2.16. The van der Waals surface area contributed by atoms with Gasteiger partial charge in [-0.05, 0) is 55.3 Å². The molecule has 1 amide bonds. The Morgan fingerprint density at radius 1 is 0.967 bits per heavy atom. The average molecular weight is 405 g/mol. The Morgan fingerprint density at radius 2 is 1.70 bits per heavy atom. The number of hydrogen-bond acceptors (Lipinski definition) is 4. The molecule has 4 aromatic rings. The molecule has 30 heavy (non-hydrogen) atoms. The number of rotatable bonds is 4. The predicted molar refractivity (Wildman–Crippen MR) is 109 cm³/mol. The van der Waals surface area contributed by atoms with Crippen LogP contribution in [-0.2, 0) is 0 Å². The highest BCUT2D eigenvalue weighted by Crippen LogP contribution is 2.30. The predicted octanol–water partition coefficient (Wildman–Crippen LogP) is 5.55. The van der Waals surface area contributed by atoms with Gasteiger partial charge >= 0.3 is 0 Å². The molecule has 0 unspecified atom stereocenters. The van der Waals surface area contributed by atoms with E-state index in [0.29, 0.717) is 5.76 Å². The van der Waals surface area contributed by atoms with E-state index in [-0.39, 0.29) is 5.82 Å². The molecule has 7 heteroatoms. The Hall–Kier alpha value is -3.87. The third-order valence-electron chi connectivity index (χ3n) is 4.66. The third kappa shape index (κ3) is 3.82. The Bertz CT molecular complexity index is 1210. The summed E-state index contributed by atoms with van der Waals surface area (Å²) in [5, 5.41) is 6.33. The molecule has 0 fully saturated rings. The number of nitrogens with zero attached hydrogens (tertiary/aromatic N) is 2. The van der Waals surface area contributed by atoms with Crippen LogP contribution in [0.25, 0.3) is 22.5 Å². The SMILES string of the molecule is Cc1cc(-c2ccc(C)c(-c3ccc(NC(=O)c4c(F)cccc4F)nc3)c2)on1. The fraction of sp³-hybridized carbons (Fsp3) is 0.0870. The molecule has 150 valence electrons. The first-order chi connectivity index (χ1) is 14.4. The van der Waals surface area contributed by atoms with Gasteiger partial charge in [0.1, 0.15) is 23.0 Å². The number of benzene rings is 2. The molecule has 0 bridgehead atoms. The summed E-state index contributed by atoms with van der Waals surface area (Å²) < 4.78 is 32.9. The quantitative estimate of drug-likeness (QED) is 0.483. The van der Waals surface area contributed by atoms with Gasteiger partial charge in [-0.3, -0.25) is 4.79 Å². The summed E-state index contributed by atoms with van der Waals surface area (Å²) in [5.74, 6) is -1.91. The largest absolute Gasteiger partial charge is 0.356 e. The zero-order valence-electron chi connectivity index (χ0n) is 16.2. The lowest BCUT2D eigenvalue weighted by molar-refractivity contribution is 0.101. The molecule has 0 radical (unpaired) electrons. The molecular weight excluding hydrogens is 388 g/mol. The normalized spacial score (nSPS) is 10.8. The van der Waals surface area contributed by atoms with Crippen molar-refractivity contribution < 1.29 is 18.1 Å². The molecule has 0 saturated heterocycles. The first-order valence-corrected chi connectivity index (χ1v) is 9.18. The number of pyridine rings is 1. The van der Waals surface area contributed by atoms with Crippen LogP contribution in [0.4, 0.5) is 14.6 Å². The van der Waals surface area contributed by atoms with Crippen LogP contribution in [-0.4, -0.2) is 16.0 Å². The van der Waals surface area contributed by atoms with Gasteiger partial charge in [0.15, 0.2) is 5.76 Å². The monoisotopic (exact) mass is 405 g/mol. The van der Waals surface area contributed by atoms with E-state index >= 15 is 0 Å². The third-order valence-corrected chi connectivity index (χ3v) is 4.66. The molecule has 2 heterocycles. The highest BCUT2D eigenvalue weighted by molar-refractivity contribution is 6.04. The number of carbonyl (C=O) groups excluding carboxylic acids is 1. The smallest absolute Gasteiger partial charge is 0.262 e. The molecule has 2 aromatic carbocycles. The number of anilines is 1. The van der Waals surface area contributed by atoms with Crippen LogP contribution in [0.15, 0.2) is 65.3 Å². The number of aryl methyl sites for hydroxylation is 2. The second-order valence-corrected chi connectivity index (χ2v) is 6.85. The standard InChI is InChI=1S/C23H17F2N3O2/c1-13-6-7-15(20-10-14(2)28-30-20)11-17(13)16-8-9-21(26-12-16)27-23(29)22-18(24)4-3-5-19(22)25/h3-12H,1-2H3,(H,26,27,29). The molecular formula is C23H17F2N3O2. The fourth-order valence-electron chi connectivity index (χ4n) is 3.11. The van der Waals surface area contributed by atoms with Gasteiger partial charge in [0.05, 0.1) is 5.69 Å². The number of amides is 1. The topological polar surface area (TPSA) is 68.0 Å². The van der Waals surface area contributed by atoms with E-state index < -0.39 is 23.1 Å². The molecule has 0 saturated carbocycles. The zero-order chi connectivity index (χ0) is 21.3. The van der Waals surface area contributed by atoms with Crippen molar-refractivity contribution in [3.05, 3.63) is 89.2 Å². The van der Waals surface area contributed by atoms with E-state index in [1.165, 1.54) is 6.07 Å². The molecule has 2 aromatic heterocycles. The summed E-state index contributed by atoms with van der Waals surface area (Å²) in [4.78, 5) is 16.4. The van der Waals surface area contributed by atoms with Crippen molar-refractivity contribution in [3.8, 4) is 22.5 Å². The summed E-state index contributed by atoms with van der Waals surface area (Å²) >= 11 is 0. The van der Waals surface area contributed by atoms with Crippen LogP contribution in [0.1, 0.15) is 21.6 Å². The lowest BCUT2D eigenvalue weighted by Gasteiger charge is -2.10. The first kappa shape index (κ1) is 19.4. The van der Waals surface area contributed by atoms with E-state index in [1.54, 1.807) is 18.3 Å². The fourth-order valence-corrected chi connectivity index (χ4v) is 3.11. The van der Waals surface area contributed by atoms with Gasteiger partial charge < -0.3 is 9.84 Å². The second-order valence-electron chi connectivity index (χ2n) is 6.85. The molecule has 0 atom stereocenters. The van der Waals surface area contributed by atoms with Crippen molar-refractivity contribution in [3.63, 3.8) is 0 Å². The van der Waals surface area contributed by atoms with Crippen molar-refractivity contribution in [1.82, 2.24) is 10.1 Å². The number of aromatic nitrogens is 2. The summed E-state index contributed by atoms with van der Waals surface area (Å²) in [6, 6.07) is 14.4. The van der Waals surface area contributed by atoms with E-state index in [0.717, 1.165) is 40.1 Å². The average Bonchev–Trinajstić information content (AvgIpc) is 3.15. The van der Waals surface area contributed by atoms with Crippen molar-refractivity contribution in [1.29, 1.82) is 0 Å². The van der Waals surface area contributed by atoms with E-state index in [4.69, 9.17) is 4.52 Å². The molecule has 0 spiro atoms. The highest BCUT2D eigenvalue weighted by atomic mass is 19.1. The van der Waals surface area contributed by atoms with Crippen LogP contribution in [0.5, 0.6) is 0 Å². The van der Waals surface area contributed by atoms with Crippen molar-refractivity contribution in [2.45, 2.75) is 13.8 Å². The number of nitrogens with one attached hydrogen (secondary N) is 1. The van der Waals surface area contributed by atoms with E-state index in [1.807, 2.05) is 38.1 Å². The van der Waals surface area contributed by atoms with Gasteiger partial charge in [0.2, 0.25) is 0 Å². The number of halogens is 2. The minimum absolute atomic E-state index is 0.186. The number of carbonyl (C=O) groups is 1. The van der Waals surface area contributed by atoms with E-state index in [2.05, 4.69) is 15.5 Å². The van der Waals surface area contributed by atoms with Gasteiger partial charge in [0.25, 0.3) is 5.91 Å². The van der Waals surface area contributed by atoms with Crippen molar-refractivity contribution in [2.24, 2.45) is 0 Å². The maximum atomic E-state index is 13.8. The Balaban J connectivity index is 1.59. The molecule has 5 nitrogen and oxygen atoms in total. The Labute approximate surface area is 171 Å². The Morgan fingerprint density at radius 3 is 2.33 bits per heavy atom. The summed E-state index contributed by atoms with van der Waals surface area (Å²) in [7, 11) is 0. The van der Waals surface area contributed by atoms with Crippen LogP contribution in [0.3, 0.4) is 0 Å². The van der Waals surface area contributed by atoms with E-state index in [9.17, 15) is 13.6 Å². The van der Waals surface area contributed by atoms with Gasteiger partial charge in [-0.15, -0.1) is 0 Å². The van der Waals surface area contributed by atoms with Gasteiger partial charge in [-0.2, -0.15) is 0 Å². The molecule has 0 aliphatic heterocycles. The molecule has 0 aliphatic rings. The minimum atomic E-state index is -0.931.